The van der Waals surface area contributed by atoms with E-state index in [4.69, 9.17) is 9.72 Å². The van der Waals surface area contributed by atoms with Crippen LogP contribution >= 0.6 is 11.3 Å². The molecule has 5 heterocycles. The summed E-state index contributed by atoms with van der Waals surface area (Å²) in [7, 11) is 0. The summed E-state index contributed by atoms with van der Waals surface area (Å²) >= 11 is 1.30. The van der Waals surface area contributed by atoms with Gasteiger partial charge in [0.25, 0.3) is 0 Å². The van der Waals surface area contributed by atoms with E-state index < -0.39 is 0 Å². The topological polar surface area (TPSA) is 111 Å². The third kappa shape index (κ3) is 5.98. The molecule has 0 radical (unpaired) electrons. The second-order valence-electron chi connectivity index (χ2n) is 8.46. The van der Waals surface area contributed by atoms with Crippen molar-refractivity contribution < 1.29 is 9.53 Å². The molecular weight excluding hydrogens is 464 g/mol. The standard InChI is InChI=1S/C24H28N8O2S/c1-2-34-23(33)13-22-29-30-24(35-22)28-21-7-6-19-20(27-21)12-17(14-25-19)18-15-26-32(16-18)11-5-10-31-8-3-4-9-31/h6-7,12,14-16H,2-5,8-11,13H2,1H3,(H,27,28,30). The van der Waals surface area contributed by atoms with Crippen LogP contribution in [0.25, 0.3) is 22.2 Å². The molecule has 0 atom stereocenters. The highest BCUT2D eigenvalue weighted by Gasteiger charge is 2.12. The second-order valence-corrected chi connectivity index (χ2v) is 9.52. The Kier molecular flexibility index (Phi) is 7.24. The number of pyridine rings is 2. The van der Waals surface area contributed by atoms with E-state index in [-0.39, 0.29) is 12.4 Å². The average Bonchev–Trinajstić information content (AvgIpc) is 3.62. The first-order chi connectivity index (χ1) is 17.2. The van der Waals surface area contributed by atoms with Crippen molar-refractivity contribution in [1.82, 2.24) is 34.8 Å². The Morgan fingerprint density at radius 1 is 1.11 bits per heavy atom. The molecule has 5 rings (SSSR count). The first kappa shape index (κ1) is 23.3. The minimum Gasteiger partial charge on any atom is -0.466 e. The molecule has 182 valence electrons. The van der Waals surface area contributed by atoms with Crippen molar-refractivity contribution in [3.05, 3.63) is 41.8 Å². The Labute approximate surface area is 207 Å². The SMILES string of the molecule is CCOC(=O)Cc1nnc(Nc2ccc3ncc(-c4cnn(CCCN5CCCC5)c4)cc3n2)s1. The van der Waals surface area contributed by atoms with Crippen molar-refractivity contribution in [1.29, 1.82) is 0 Å². The van der Waals surface area contributed by atoms with Crippen LogP contribution in [0.3, 0.4) is 0 Å². The van der Waals surface area contributed by atoms with Crippen LogP contribution in [0.4, 0.5) is 10.9 Å². The van der Waals surface area contributed by atoms with Crippen molar-refractivity contribution in [2.45, 2.75) is 39.2 Å². The van der Waals surface area contributed by atoms with E-state index in [1.165, 1.54) is 37.3 Å². The van der Waals surface area contributed by atoms with Crippen molar-refractivity contribution in [3.63, 3.8) is 0 Å². The molecule has 10 nitrogen and oxygen atoms in total. The van der Waals surface area contributed by atoms with Gasteiger partial charge in [0.1, 0.15) is 10.8 Å². The fourth-order valence-corrected chi connectivity index (χ4v) is 4.88. The molecule has 11 heteroatoms. The number of aryl methyl sites for hydroxylation is 1. The molecule has 35 heavy (non-hydrogen) atoms. The zero-order valence-corrected chi connectivity index (χ0v) is 20.5. The van der Waals surface area contributed by atoms with Crippen LogP contribution in [0.1, 0.15) is 31.2 Å². The van der Waals surface area contributed by atoms with Gasteiger partial charge < -0.3 is 15.0 Å². The molecule has 4 aromatic rings. The molecule has 1 fully saturated rings. The van der Waals surface area contributed by atoms with E-state index in [2.05, 4.69) is 36.7 Å². The number of esters is 1. The van der Waals surface area contributed by atoms with Gasteiger partial charge in [0, 0.05) is 30.1 Å². The number of nitrogens with one attached hydrogen (secondary N) is 1. The van der Waals surface area contributed by atoms with E-state index in [0.717, 1.165) is 41.7 Å². The molecule has 1 saturated heterocycles. The van der Waals surface area contributed by atoms with Gasteiger partial charge in [-0.15, -0.1) is 10.2 Å². The molecule has 0 aliphatic carbocycles. The molecule has 1 N–H and O–H groups in total. The molecule has 0 unspecified atom stereocenters. The van der Waals surface area contributed by atoms with E-state index >= 15 is 0 Å². The fraction of sp³-hybridized carbons (Fsp3) is 0.417. The molecular formula is C24H28N8O2S. The monoisotopic (exact) mass is 492 g/mol. The summed E-state index contributed by atoms with van der Waals surface area (Å²) in [6, 6.07) is 5.78. The number of carbonyl (C=O) groups excluding carboxylic acids is 1. The van der Waals surface area contributed by atoms with Crippen LogP contribution in [0, 0.1) is 0 Å². The lowest BCUT2D eigenvalue weighted by atomic mass is 10.1. The fourth-order valence-electron chi connectivity index (χ4n) is 4.15. The van der Waals surface area contributed by atoms with Gasteiger partial charge in [0.2, 0.25) is 5.13 Å². The number of hydrogen-bond acceptors (Lipinski definition) is 10. The Balaban J connectivity index is 1.24. The lowest BCUT2D eigenvalue weighted by molar-refractivity contribution is -0.142. The smallest absolute Gasteiger partial charge is 0.312 e. The highest BCUT2D eigenvalue weighted by molar-refractivity contribution is 7.15. The minimum atomic E-state index is -0.312. The molecule has 0 bridgehead atoms. The normalized spacial score (nSPS) is 14.0. The van der Waals surface area contributed by atoms with Gasteiger partial charge in [-0.3, -0.25) is 14.5 Å². The van der Waals surface area contributed by atoms with E-state index in [0.29, 0.717) is 22.6 Å². The maximum atomic E-state index is 11.7. The number of aromatic nitrogens is 6. The predicted octanol–water partition coefficient (Wildman–Crippen LogP) is 3.68. The van der Waals surface area contributed by atoms with Gasteiger partial charge in [-0.2, -0.15) is 5.10 Å². The summed E-state index contributed by atoms with van der Waals surface area (Å²) in [5, 5.41) is 17.0. The van der Waals surface area contributed by atoms with Crippen LogP contribution in [-0.4, -0.2) is 67.1 Å². The first-order valence-electron chi connectivity index (χ1n) is 11.9. The largest absolute Gasteiger partial charge is 0.466 e. The molecule has 1 aliphatic rings. The van der Waals surface area contributed by atoms with Gasteiger partial charge >= 0.3 is 5.97 Å². The zero-order valence-electron chi connectivity index (χ0n) is 19.7. The lowest BCUT2D eigenvalue weighted by Gasteiger charge is -2.13. The van der Waals surface area contributed by atoms with Crippen LogP contribution in [0.2, 0.25) is 0 Å². The van der Waals surface area contributed by atoms with Crippen molar-refractivity contribution >= 4 is 39.3 Å². The minimum absolute atomic E-state index is 0.109. The maximum Gasteiger partial charge on any atom is 0.312 e. The summed E-state index contributed by atoms with van der Waals surface area (Å²) in [6.07, 6.45) is 9.66. The van der Waals surface area contributed by atoms with Crippen molar-refractivity contribution in [2.24, 2.45) is 0 Å². The molecule has 4 aromatic heterocycles. The molecule has 0 aromatic carbocycles. The lowest BCUT2D eigenvalue weighted by Crippen LogP contribution is -2.21. The number of ether oxygens (including phenoxy) is 1. The van der Waals surface area contributed by atoms with Gasteiger partial charge in [0.15, 0.2) is 0 Å². The van der Waals surface area contributed by atoms with Crippen LogP contribution in [0.15, 0.2) is 36.8 Å². The van der Waals surface area contributed by atoms with Crippen LogP contribution in [0.5, 0.6) is 0 Å². The van der Waals surface area contributed by atoms with Gasteiger partial charge in [-0.1, -0.05) is 11.3 Å². The summed E-state index contributed by atoms with van der Waals surface area (Å²) in [5.74, 6) is 0.320. The number of anilines is 2. The summed E-state index contributed by atoms with van der Waals surface area (Å²) < 4.78 is 6.97. The summed E-state index contributed by atoms with van der Waals surface area (Å²) in [5.41, 5.74) is 3.57. The number of carbonyl (C=O) groups is 1. The molecule has 0 amide bonds. The van der Waals surface area contributed by atoms with E-state index in [9.17, 15) is 4.79 Å². The van der Waals surface area contributed by atoms with Crippen molar-refractivity contribution in [3.8, 4) is 11.1 Å². The molecule has 0 spiro atoms. The Morgan fingerprint density at radius 3 is 2.86 bits per heavy atom. The third-order valence-electron chi connectivity index (χ3n) is 5.87. The van der Waals surface area contributed by atoms with Crippen LogP contribution < -0.4 is 5.32 Å². The first-order valence-corrected chi connectivity index (χ1v) is 12.7. The van der Waals surface area contributed by atoms with Gasteiger partial charge in [0.05, 0.1) is 30.3 Å². The number of hydrogen-bond donors (Lipinski definition) is 1. The van der Waals surface area contributed by atoms with E-state index in [1.54, 1.807) is 6.92 Å². The zero-order chi connectivity index (χ0) is 24.0. The number of nitrogens with zero attached hydrogens (tertiary/aromatic N) is 7. The number of rotatable bonds is 10. The summed E-state index contributed by atoms with van der Waals surface area (Å²) in [6.45, 7) is 6.61. The Hall–Kier alpha value is -3.44. The average molecular weight is 493 g/mol. The summed E-state index contributed by atoms with van der Waals surface area (Å²) in [4.78, 5) is 23.4. The highest BCUT2D eigenvalue weighted by atomic mass is 32.1. The quantitative estimate of drug-likeness (QED) is 0.331. The van der Waals surface area contributed by atoms with E-state index in [1.807, 2.05) is 35.3 Å². The van der Waals surface area contributed by atoms with Gasteiger partial charge in [-0.25, -0.2) is 4.98 Å². The number of likely N-dealkylation sites (tertiary alicyclic amines) is 1. The highest BCUT2D eigenvalue weighted by Crippen LogP contribution is 2.25. The van der Waals surface area contributed by atoms with Gasteiger partial charge in [-0.05, 0) is 64.0 Å². The molecule has 0 saturated carbocycles. The second kappa shape index (κ2) is 10.9. The van der Waals surface area contributed by atoms with Crippen molar-refractivity contribution in [2.75, 3.05) is 31.6 Å². The molecule has 1 aliphatic heterocycles. The Bertz CT molecular complexity index is 1300. The Morgan fingerprint density at radius 2 is 2.00 bits per heavy atom. The predicted molar refractivity (Wildman–Crippen MR) is 135 cm³/mol. The maximum absolute atomic E-state index is 11.7. The number of fused-ring (bicyclic) bond motifs is 1. The third-order valence-corrected chi connectivity index (χ3v) is 6.71. The van der Waals surface area contributed by atoms with Crippen LogP contribution in [-0.2, 0) is 22.5 Å².